The van der Waals surface area contributed by atoms with Crippen LogP contribution in [0, 0.1) is 5.92 Å². The van der Waals surface area contributed by atoms with Crippen LogP contribution >= 0.6 is 0 Å². The Morgan fingerprint density at radius 3 is 3.07 bits per heavy atom. The van der Waals surface area contributed by atoms with E-state index in [1.165, 1.54) is 37.0 Å². The van der Waals surface area contributed by atoms with Crippen LogP contribution in [0.25, 0.3) is 0 Å². The molecular weight excluding hydrogens is 186 g/mol. The Hall–Kier alpha value is -0.760. The van der Waals surface area contributed by atoms with Crippen LogP contribution in [0.5, 0.6) is 0 Å². The summed E-state index contributed by atoms with van der Waals surface area (Å²) < 4.78 is 5.50. The normalized spacial score (nSPS) is 27.4. The zero-order chi connectivity index (χ0) is 10.3. The van der Waals surface area contributed by atoms with Crippen LogP contribution in [0.1, 0.15) is 50.0 Å². The number of furan rings is 1. The third-order valence-corrected chi connectivity index (χ3v) is 3.85. The number of hydrogen-bond donors (Lipinski definition) is 1. The Kier molecular flexibility index (Phi) is 2.32. The zero-order valence-corrected chi connectivity index (χ0v) is 9.33. The van der Waals surface area contributed by atoms with Gasteiger partial charge in [0.2, 0.25) is 0 Å². The molecule has 0 radical (unpaired) electrons. The highest BCUT2D eigenvalue weighted by Crippen LogP contribution is 2.36. The summed E-state index contributed by atoms with van der Waals surface area (Å²) in [5, 5.41) is 3.76. The van der Waals surface area contributed by atoms with Crippen molar-refractivity contribution in [2.75, 3.05) is 0 Å². The monoisotopic (exact) mass is 205 g/mol. The lowest BCUT2D eigenvalue weighted by atomic mass is 9.92. The number of nitrogens with one attached hydrogen (secondary N) is 1. The maximum atomic E-state index is 5.50. The van der Waals surface area contributed by atoms with Crippen molar-refractivity contribution in [3.05, 3.63) is 23.7 Å². The van der Waals surface area contributed by atoms with Crippen molar-refractivity contribution in [1.29, 1.82) is 0 Å². The molecule has 0 spiro atoms. The van der Waals surface area contributed by atoms with Crippen molar-refractivity contribution in [2.45, 2.75) is 51.1 Å². The average molecular weight is 205 g/mol. The molecule has 82 valence electrons. The van der Waals surface area contributed by atoms with E-state index < -0.39 is 0 Å². The molecule has 1 aromatic rings. The van der Waals surface area contributed by atoms with Gasteiger partial charge in [0.1, 0.15) is 5.76 Å². The van der Waals surface area contributed by atoms with E-state index in [1.807, 2.05) is 6.26 Å². The molecule has 2 aliphatic rings. The molecule has 2 aliphatic carbocycles. The molecule has 0 aromatic carbocycles. The Labute approximate surface area is 91.0 Å². The lowest BCUT2D eigenvalue weighted by Gasteiger charge is -2.26. The van der Waals surface area contributed by atoms with Crippen molar-refractivity contribution in [3.63, 3.8) is 0 Å². The molecule has 1 N–H and O–H groups in total. The second-order valence-corrected chi connectivity index (χ2v) is 5.04. The van der Waals surface area contributed by atoms with Crippen molar-refractivity contribution >= 4 is 0 Å². The molecule has 1 saturated carbocycles. The fourth-order valence-electron chi connectivity index (χ4n) is 2.71. The van der Waals surface area contributed by atoms with Gasteiger partial charge in [0.15, 0.2) is 0 Å². The highest BCUT2D eigenvalue weighted by Gasteiger charge is 2.31. The van der Waals surface area contributed by atoms with Gasteiger partial charge in [-0.15, -0.1) is 0 Å². The fourth-order valence-corrected chi connectivity index (χ4v) is 2.71. The summed E-state index contributed by atoms with van der Waals surface area (Å²) in [5.74, 6) is 2.14. The fraction of sp³-hybridized carbons (Fsp3) is 0.692. The highest BCUT2D eigenvalue weighted by atomic mass is 16.3. The van der Waals surface area contributed by atoms with Gasteiger partial charge in [-0.2, -0.15) is 0 Å². The van der Waals surface area contributed by atoms with Crippen LogP contribution in [-0.4, -0.2) is 6.04 Å². The predicted octanol–water partition coefficient (Wildman–Crippen LogP) is 3.05. The van der Waals surface area contributed by atoms with Crippen LogP contribution in [0.2, 0.25) is 0 Å². The van der Waals surface area contributed by atoms with Crippen molar-refractivity contribution in [1.82, 2.24) is 5.32 Å². The maximum absolute atomic E-state index is 5.50. The number of hydrogen-bond acceptors (Lipinski definition) is 2. The molecule has 2 atom stereocenters. The Morgan fingerprint density at radius 2 is 2.27 bits per heavy atom. The molecule has 2 unspecified atom stereocenters. The molecule has 0 saturated heterocycles. The minimum atomic E-state index is 0.545. The minimum Gasteiger partial charge on any atom is -0.469 e. The molecule has 0 bridgehead atoms. The van der Waals surface area contributed by atoms with E-state index in [1.54, 1.807) is 0 Å². The second-order valence-electron chi connectivity index (χ2n) is 5.04. The second kappa shape index (κ2) is 3.67. The molecule has 0 aliphatic heterocycles. The van der Waals surface area contributed by atoms with Gasteiger partial charge in [0.05, 0.1) is 6.26 Å². The first-order chi connectivity index (χ1) is 7.34. The summed E-state index contributed by atoms with van der Waals surface area (Å²) in [7, 11) is 0. The molecule has 3 rings (SSSR count). The smallest absolute Gasteiger partial charge is 0.108 e. The Balaban J connectivity index is 1.72. The standard InChI is InChI=1S/C13H19NO/c1-9(10-5-6-10)14-12-3-2-4-13-11(12)7-8-15-13/h7-10,12,14H,2-6H2,1H3. The van der Waals surface area contributed by atoms with E-state index in [2.05, 4.69) is 18.3 Å². The lowest BCUT2D eigenvalue weighted by molar-refractivity contribution is 0.365. The van der Waals surface area contributed by atoms with Gasteiger partial charge >= 0.3 is 0 Å². The van der Waals surface area contributed by atoms with Crippen LogP contribution in [0.15, 0.2) is 16.7 Å². The van der Waals surface area contributed by atoms with Crippen LogP contribution in [0.3, 0.4) is 0 Å². The van der Waals surface area contributed by atoms with Gasteiger partial charge < -0.3 is 9.73 Å². The zero-order valence-electron chi connectivity index (χ0n) is 9.33. The van der Waals surface area contributed by atoms with Gasteiger partial charge in [-0.05, 0) is 44.6 Å². The van der Waals surface area contributed by atoms with Crippen molar-refractivity contribution in [2.24, 2.45) is 5.92 Å². The summed E-state index contributed by atoms with van der Waals surface area (Å²) in [6.07, 6.45) is 8.32. The molecule has 1 fully saturated rings. The van der Waals surface area contributed by atoms with Gasteiger partial charge in [-0.1, -0.05) is 0 Å². The van der Waals surface area contributed by atoms with Crippen LogP contribution in [0.4, 0.5) is 0 Å². The number of aryl methyl sites for hydroxylation is 1. The Bertz CT molecular complexity index is 340. The lowest BCUT2D eigenvalue weighted by Crippen LogP contribution is -2.33. The van der Waals surface area contributed by atoms with Crippen LogP contribution < -0.4 is 5.32 Å². The first kappa shape index (κ1) is 9.46. The molecule has 15 heavy (non-hydrogen) atoms. The number of fused-ring (bicyclic) bond motifs is 1. The van der Waals surface area contributed by atoms with Crippen molar-refractivity contribution in [3.8, 4) is 0 Å². The van der Waals surface area contributed by atoms with E-state index in [4.69, 9.17) is 4.42 Å². The predicted molar refractivity (Wildman–Crippen MR) is 59.7 cm³/mol. The molecule has 2 heteroatoms. The third-order valence-electron chi connectivity index (χ3n) is 3.85. The first-order valence-electron chi connectivity index (χ1n) is 6.17. The topological polar surface area (TPSA) is 25.2 Å². The molecular formula is C13H19NO. The van der Waals surface area contributed by atoms with E-state index in [9.17, 15) is 0 Å². The first-order valence-corrected chi connectivity index (χ1v) is 6.17. The highest BCUT2D eigenvalue weighted by molar-refractivity contribution is 5.24. The van der Waals surface area contributed by atoms with E-state index in [-0.39, 0.29) is 0 Å². The minimum absolute atomic E-state index is 0.545. The largest absolute Gasteiger partial charge is 0.469 e. The summed E-state index contributed by atoms with van der Waals surface area (Å²) in [5.41, 5.74) is 1.41. The maximum Gasteiger partial charge on any atom is 0.108 e. The SMILES string of the molecule is CC(NC1CCCc2occc21)C1CC1. The molecule has 2 nitrogen and oxygen atoms in total. The van der Waals surface area contributed by atoms with E-state index in [0.717, 1.165) is 12.3 Å². The quantitative estimate of drug-likeness (QED) is 0.820. The summed E-state index contributed by atoms with van der Waals surface area (Å²) in [4.78, 5) is 0. The van der Waals surface area contributed by atoms with E-state index in [0.29, 0.717) is 12.1 Å². The summed E-state index contributed by atoms with van der Waals surface area (Å²) >= 11 is 0. The molecule has 1 aromatic heterocycles. The molecule has 1 heterocycles. The van der Waals surface area contributed by atoms with E-state index >= 15 is 0 Å². The summed E-state index contributed by atoms with van der Waals surface area (Å²) in [6.45, 7) is 2.33. The van der Waals surface area contributed by atoms with Crippen molar-refractivity contribution < 1.29 is 4.42 Å². The average Bonchev–Trinajstić information content (AvgIpc) is 2.97. The Morgan fingerprint density at radius 1 is 1.40 bits per heavy atom. The van der Waals surface area contributed by atoms with Gasteiger partial charge in [-0.3, -0.25) is 0 Å². The third kappa shape index (κ3) is 1.83. The van der Waals surface area contributed by atoms with Gasteiger partial charge in [0.25, 0.3) is 0 Å². The van der Waals surface area contributed by atoms with Crippen LogP contribution in [-0.2, 0) is 6.42 Å². The van der Waals surface area contributed by atoms with Gasteiger partial charge in [0, 0.05) is 24.1 Å². The summed E-state index contributed by atoms with van der Waals surface area (Å²) in [6, 6.07) is 3.37. The molecule has 0 amide bonds. The van der Waals surface area contributed by atoms with Gasteiger partial charge in [-0.25, -0.2) is 0 Å². The number of rotatable bonds is 3.